The molecule has 1 aliphatic heterocycles. The number of hydrogen-bond donors (Lipinski definition) is 0. The van der Waals surface area contributed by atoms with Crippen molar-refractivity contribution in [3.05, 3.63) is 23.9 Å². The molecule has 0 N–H and O–H groups in total. The van der Waals surface area contributed by atoms with Crippen LogP contribution in [0.4, 0.5) is 13.2 Å². The molecule has 2 rings (SSSR count). The van der Waals surface area contributed by atoms with Gasteiger partial charge in [0.15, 0.2) is 0 Å². The standard InChI is InChI=1S/C12H13F3N2O3/c1-19-11(18)8-2-3-10(16-4-8)20-9-5-17(6-9)7-12(13,14)15/h2-4,9H,5-7H2,1H3. The van der Waals surface area contributed by atoms with E-state index in [-0.39, 0.29) is 30.6 Å². The van der Waals surface area contributed by atoms with Crippen LogP contribution in [0.3, 0.4) is 0 Å². The zero-order chi connectivity index (χ0) is 14.8. The van der Waals surface area contributed by atoms with Crippen LogP contribution in [-0.2, 0) is 4.74 Å². The average Bonchev–Trinajstić information content (AvgIpc) is 2.34. The lowest BCUT2D eigenvalue weighted by Gasteiger charge is -2.38. The van der Waals surface area contributed by atoms with Crippen LogP contribution >= 0.6 is 0 Å². The van der Waals surface area contributed by atoms with Gasteiger partial charge in [0.25, 0.3) is 0 Å². The van der Waals surface area contributed by atoms with Crippen LogP contribution in [0.5, 0.6) is 5.88 Å². The minimum Gasteiger partial charge on any atom is -0.472 e. The number of rotatable bonds is 4. The van der Waals surface area contributed by atoms with Gasteiger partial charge in [-0.25, -0.2) is 9.78 Å². The van der Waals surface area contributed by atoms with Crippen molar-refractivity contribution in [1.29, 1.82) is 0 Å². The first-order valence-electron chi connectivity index (χ1n) is 5.87. The summed E-state index contributed by atoms with van der Waals surface area (Å²) < 4.78 is 46.2. The molecular weight excluding hydrogens is 277 g/mol. The van der Waals surface area contributed by atoms with Gasteiger partial charge in [0, 0.05) is 25.4 Å². The van der Waals surface area contributed by atoms with Crippen molar-refractivity contribution in [2.24, 2.45) is 0 Å². The highest BCUT2D eigenvalue weighted by molar-refractivity contribution is 5.88. The summed E-state index contributed by atoms with van der Waals surface area (Å²) in [7, 11) is 1.26. The van der Waals surface area contributed by atoms with Crippen LogP contribution in [-0.4, -0.2) is 54.9 Å². The number of esters is 1. The highest BCUT2D eigenvalue weighted by Crippen LogP contribution is 2.22. The lowest BCUT2D eigenvalue weighted by molar-refractivity contribution is -0.162. The van der Waals surface area contributed by atoms with Gasteiger partial charge in [-0.3, -0.25) is 4.90 Å². The van der Waals surface area contributed by atoms with Gasteiger partial charge in [0.1, 0.15) is 6.10 Å². The van der Waals surface area contributed by atoms with E-state index in [0.717, 1.165) is 0 Å². The Morgan fingerprint density at radius 3 is 2.65 bits per heavy atom. The van der Waals surface area contributed by atoms with Crippen molar-refractivity contribution >= 4 is 5.97 Å². The second-order valence-corrected chi connectivity index (χ2v) is 4.43. The molecule has 1 saturated heterocycles. The maximum absolute atomic E-state index is 12.1. The summed E-state index contributed by atoms with van der Waals surface area (Å²) in [4.78, 5) is 16.3. The van der Waals surface area contributed by atoms with Crippen molar-refractivity contribution < 1.29 is 27.4 Å². The van der Waals surface area contributed by atoms with Gasteiger partial charge >= 0.3 is 12.1 Å². The van der Waals surface area contributed by atoms with Crippen molar-refractivity contribution in [2.45, 2.75) is 12.3 Å². The highest BCUT2D eigenvalue weighted by Gasteiger charge is 2.38. The molecular formula is C12H13F3N2O3. The van der Waals surface area contributed by atoms with E-state index in [0.29, 0.717) is 0 Å². The third-order valence-corrected chi connectivity index (χ3v) is 2.77. The maximum atomic E-state index is 12.1. The highest BCUT2D eigenvalue weighted by atomic mass is 19.4. The molecule has 0 spiro atoms. The van der Waals surface area contributed by atoms with Gasteiger partial charge < -0.3 is 9.47 Å². The predicted molar refractivity (Wildman–Crippen MR) is 62.5 cm³/mol. The minimum atomic E-state index is -4.19. The number of carbonyl (C=O) groups is 1. The first-order chi connectivity index (χ1) is 9.37. The van der Waals surface area contributed by atoms with Crippen molar-refractivity contribution in [3.63, 3.8) is 0 Å². The molecule has 5 nitrogen and oxygen atoms in total. The summed E-state index contributed by atoms with van der Waals surface area (Å²) in [6.45, 7) is -0.512. The Balaban J connectivity index is 1.80. The van der Waals surface area contributed by atoms with Gasteiger partial charge in [-0.1, -0.05) is 0 Å². The quantitative estimate of drug-likeness (QED) is 0.786. The van der Waals surface area contributed by atoms with Crippen LogP contribution in [0.1, 0.15) is 10.4 Å². The molecule has 0 aliphatic carbocycles. The molecule has 1 aromatic heterocycles. The van der Waals surface area contributed by atoms with E-state index in [9.17, 15) is 18.0 Å². The maximum Gasteiger partial charge on any atom is 0.401 e. The molecule has 8 heteroatoms. The summed E-state index contributed by atoms with van der Waals surface area (Å²) >= 11 is 0. The fourth-order valence-electron chi connectivity index (χ4n) is 1.84. The smallest absolute Gasteiger partial charge is 0.401 e. The van der Waals surface area contributed by atoms with Crippen LogP contribution in [0.15, 0.2) is 18.3 Å². The zero-order valence-electron chi connectivity index (χ0n) is 10.7. The fraction of sp³-hybridized carbons (Fsp3) is 0.500. The Hall–Kier alpha value is -1.83. The number of methoxy groups -OCH3 is 1. The van der Waals surface area contributed by atoms with Gasteiger partial charge in [0.05, 0.1) is 19.2 Å². The molecule has 0 saturated carbocycles. The SMILES string of the molecule is COC(=O)c1ccc(OC2CN(CC(F)(F)F)C2)nc1. The number of halogens is 3. The molecule has 0 unspecified atom stereocenters. The number of hydrogen-bond acceptors (Lipinski definition) is 5. The van der Waals surface area contributed by atoms with Gasteiger partial charge in [-0.2, -0.15) is 13.2 Å². The average molecular weight is 290 g/mol. The lowest BCUT2D eigenvalue weighted by Crippen LogP contribution is -2.56. The number of likely N-dealkylation sites (tertiary alicyclic amines) is 1. The van der Waals surface area contributed by atoms with E-state index in [1.54, 1.807) is 0 Å². The molecule has 0 bridgehead atoms. The molecule has 0 atom stereocenters. The largest absolute Gasteiger partial charge is 0.472 e. The second kappa shape index (κ2) is 5.66. The topological polar surface area (TPSA) is 51.7 Å². The first kappa shape index (κ1) is 14.6. The third-order valence-electron chi connectivity index (χ3n) is 2.77. The summed E-state index contributed by atoms with van der Waals surface area (Å²) in [5.41, 5.74) is 0.284. The Kier molecular flexibility index (Phi) is 4.12. The Labute approximate surface area is 113 Å². The van der Waals surface area contributed by atoms with E-state index < -0.39 is 18.7 Å². The number of carbonyl (C=O) groups excluding carboxylic acids is 1. The summed E-state index contributed by atoms with van der Waals surface area (Å²) in [5, 5.41) is 0. The van der Waals surface area contributed by atoms with E-state index in [1.165, 1.54) is 30.3 Å². The van der Waals surface area contributed by atoms with Crippen LogP contribution in [0.2, 0.25) is 0 Å². The molecule has 2 heterocycles. The number of aromatic nitrogens is 1. The Morgan fingerprint density at radius 2 is 2.15 bits per heavy atom. The molecule has 0 amide bonds. The van der Waals surface area contributed by atoms with E-state index in [2.05, 4.69) is 9.72 Å². The fourth-order valence-corrected chi connectivity index (χ4v) is 1.84. The Morgan fingerprint density at radius 1 is 1.45 bits per heavy atom. The predicted octanol–water partition coefficient (Wildman–Crippen LogP) is 1.49. The van der Waals surface area contributed by atoms with E-state index >= 15 is 0 Å². The molecule has 110 valence electrons. The molecule has 1 aromatic rings. The summed E-state index contributed by atoms with van der Waals surface area (Å²) in [6, 6.07) is 2.97. The summed E-state index contributed by atoms with van der Waals surface area (Å²) in [6.07, 6.45) is -3.20. The Bertz CT molecular complexity index is 470. The minimum absolute atomic E-state index is 0.208. The van der Waals surface area contributed by atoms with Crippen molar-refractivity contribution in [3.8, 4) is 5.88 Å². The van der Waals surface area contributed by atoms with Crippen molar-refractivity contribution in [2.75, 3.05) is 26.7 Å². The monoisotopic (exact) mass is 290 g/mol. The molecule has 1 aliphatic rings. The van der Waals surface area contributed by atoms with Crippen LogP contribution in [0, 0.1) is 0 Å². The van der Waals surface area contributed by atoms with E-state index in [4.69, 9.17) is 4.74 Å². The zero-order valence-corrected chi connectivity index (χ0v) is 10.7. The number of ether oxygens (including phenoxy) is 2. The molecule has 0 radical (unpaired) electrons. The second-order valence-electron chi connectivity index (χ2n) is 4.43. The molecule has 20 heavy (non-hydrogen) atoms. The normalized spacial score (nSPS) is 16.6. The third kappa shape index (κ3) is 3.83. The number of nitrogens with zero attached hydrogens (tertiary/aromatic N) is 2. The lowest BCUT2D eigenvalue weighted by atomic mass is 10.1. The first-order valence-corrected chi connectivity index (χ1v) is 5.87. The molecule has 1 fully saturated rings. The van der Waals surface area contributed by atoms with Crippen LogP contribution < -0.4 is 4.74 Å². The van der Waals surface area contributed by atoms with E-state index in [1.807, 2.05) is 0 Å². The number of alkyl halides is 3. The van der Waals surface area contributed by atoms with Crippen LogP contribution in [0.25, 0.3) is 0 Å². The van der Waals surface area contributed by atoms with Gasteiger partial charge in [0.2, 0.25) is 5.88 Å². The van der Waals surface area contributed by atoms with Gasteiger partial charge in [-0.05, 0) is 6.07 Å². The molecule has 0 aromatic carbocycles. The number of pyridine rings is 1. The van der Waals surface area contributed by atoms with Crippen molar-refractivity contribution in [1.82, 2.24) is 9.88 Å². The summed E-state index contributed by atoms with van der Waals surface area (Å²) in [5.74, 6) is -0.238. The van der Waals surface area contributed by atoms with Gasteiger partial charge in [-0.15, -0.1) is 0 Å².